The lowest BCUT2D eigenvalue weighted by Crippen LogP contribution is -2.38. The smallest absolute Gasteiger partial charge is 0.331 e. The van der Waals surface area contributed by atoms with Crippen LogP contribution in [0.25, 0.3) is 0 Å². The lowest BCUT2D eigenvalue weighted by atomic mass is 10.0. The van der Waals surface area contributed by atoms with Gasteiger partial charge < -0.3 is 10.0 Å². The molecule has 0 saturated heterocycles. The van der Waals surface area contributed by atoms with E-state index in [0.29, 0.717) is 12.0 Å². The molecule has 0 saturated carbocycles. The van der Waals surface area contributed by atoms with E-state index in [1.54, 1.807) is 38.1 Å². The lowest BCUT2D eigenvalue weighted by molar-refractivity contribution is -0.147. The molecule has 0 aliphatic rings. The van der Waals surface area contributed by atoms with Crippen molar-refractivity contribution in [2.75, 3.05) is 0 Å². The Morgan fingerprint density at radius 3 is 2.24 bits per heavy atom. The second-order valence-corrected chi connectivity index (χ2v) is 4.85. The number of halogens is 1. The maximum absolute atomic E-state index is 11.3. The predicted molar refractivity (Wildman–Crippen MR) is 67.6 cm³/mol. The van der Waals surface area contributed by atoms with E-state index >= 15 is 0 Å². The third-order valence-electron chi connectivity index (χ3n) is 2.44. The molecule has 5 heteroatoms. The minimum atomic E-state index is -1.03. The minimum absolute atomic E-state index is 0.169. The van der Waals surface area contributed by atoms with E-state index in [4.69, 9.17) is 0 Å². The van der Waals surface area contributed by atoms with Gasteiger partial charge in [0, 0.05) is 10.5 Å². The second-order valence-electron chi connectivity index (χ2n) is 3.94. The van der Waals surface area contributed by atoms with Crippen molar-refractivity contribution >= 4 is 28.3 Å². The summed E-state index contributed by atoms with van der Waals surface area (Å²) in [6.45, 7) is 3.56. The van der Waals surface area contributed by atoms with Gasteiger partial charge in [-0.3, -0.25) is 4.79 Å². The predicted octanol–water partition coefficient (Wildman–Crippen LogP) is 2.44. The molecule has 0 fully saturated rings. The number of carbonyl (C=O) groups excluding carboxylic acids is 1. The van der Waals surface area contributed by atoms with E-state index in [-0.39, 0.29) is 6.04 Å². The van der Waals surface area contributed by atoms with Crippen LogP contribution in [0.1, 0.15) is 25.5 Å². The largest absolute Gasteiger partial charge is 0.479 e. The molecule has 17 heavy (non-hydrogen) atoms. The van der Waals surface area contributed by atoms with Crippen LogP contribution in [0.4, 0.5) is 0 Å². The molecule has 1 unspecified atom stereocenters. The molecule has 0 radical (unpaired) electrons. The number of benzene rings is 1. The zero-order valence-corrected chi connectivity index (χ0v) is 11.2. The number of hydrogen-bond acceptors (Lipinski definition) is 2. The van der Waals surface area contributed by atoms with Crippen molar-refractivity contribution in [3.8, 4) is 0 Å². The van der Waals surface area contributed by atoms with Crippen LogP contribution in [0.15, 0.2) is 28.7 Å². The summed E-state index contributed by atoms with van der Waals surface area (Å²) in [5.41, 5.74) is 0.585. The van der Waals surface area contributed by atoms with Crippen LogP contribution in [0, 0.1) is 0 Å². The molecule has 1 rings (SSSR count). The Hall–Kier alpha value is -1.36. The summed E-state index contributed by atoms with van der Waals surface area (Å²) < 4.78 is 0.868. The molecule has 1 aromatic rings. The maximum Gasteiger partial charge on any atom is 0.331 e. The number of amides is 1. The number of aliphatic carboxylic acids is 1. The number of carboxylic acids is 1. The molecule has 0 aliphatic heterocycles. The summed E-state index contributed by atoms with van der Waals surface area (Å²) >= 11 is 3.28. The van der Waals surface area contributed by atoms with Crippen molar-refractivity contribution < 1.29 is 14.7 Å². The van der Waals surface area contributed by atoms with Crippen molar-refractivity contribution in [2.24, 2.45) is 0 Å². The van der Waals surface area contributed by atoms with Gasteiger partial charge in [0.15, 0.2) is 6.04 Å². The SMILES string of the molecule is CC(C)N(C=O)C(C(=O)O)c1ccc(Br)cc1. The molecule has 0 aromatic heterocycles. The fourth-order valence-corrected chi connectivity index (χ4v) is 1.83. The van der Waals surface area contributed by atoms with Crippen LogP contribution in [0.2, 0.25) is 0 Å². The van der Waals surface area contributed by atoms with Crippen molar-refractivity contribution in [1.29, 1.82) is 0 Å². The van der Waals surface area contributed by atoms with Gasteiger partial charge in [0.1, 0.15) is 0 Å². The van der Waals surface area contributed by atoms with Gasteiger partial charge in [-0.1, -0.05) is 28.1 Å². The molecule has 0 heterocycles. The minimum Gasteiger partial charge on any atom is -0.479 e. The Bertz CT molecular complexity index is 403. The van der Waals surface area contributed by atoms with Crippen LogP contribution < -0.4 is 0 Å². The monoisotopic (exact) mass is 299 g/mol. The first-order valence-corrected chi connectivity index (χ1v) is 5.97. The molecule has 0 spiro atoms. The van der Waals surface area contributed by atoms with Crippen LogP contribution in [-0.2, 0) is 9.59 Å². The zero-order valence-electron chi connectivity index (χ0n) is 9.63. The Kier molecular flexibility index (Phi) is 4.69. The number of nitrogens with zero attached hydrogens (tertiary/aromatic N) is 1. The van der Waals surface area contributed by atoms with Crippen LogP contribution >= 0.6 is 15.9 Å². The van der Waals surface area contributed by atoms with Gasteiger partial charge in [-0.05, 0) is 31.5 Å². The molecule has 1 N–H and O–H groups in total. The van der Waals surface area contributed by atoms with E-state index in [1.165, 1.54) is 4.90 Å². The quantitative estimate of drug-likeness (QED) is 0.850. The van der Waals surface area contributed by atoms with E-state index in [9.17, 15) is 14.7 Å². The zero-order chi connectivity index (χ0) is 13.0. The Morgan fingerprint density at radius 2 is 1.88 bits per heavy atom. The summed E-state index contributed by atoms with van der Waals surface area (Å²) in [7, 11) is 0. The summed E-state index contributed by atoms with van der Waals surface area (Å²) in [5, 5.41) is 9.23. The van der Waals surface area contributed by atoms with Crippen molar-refractivity contribution in [3.63, 3.8) is 0 Å². The van der Waals surface area contributed by atoms with Gasteiger partial charge in [0.05, 0.1) is 0 Å². The fourth-order valence-electron chi connectivity index (χ4n) is 1.57. The third kappa shape index (κ3) is 3.30. The first kappa shape index (κ1) is 13.7. The Labute approximate surface area is 108 Å². The average Bonchev–Trinajstić information content (AvgIpc) is 2.26. The molecule has 1 aromatic carbocycles. The van der Waals surface area contributed by atoms with Crippen molar-refractivity contribution in [1.82, 2.24) is 4.90 Å². The summed E-state index contributed by atoms with van der Waals surface area (Å²) in [6, 6.07) is 5.80. The number of carbonyl (C=O) groups is 2. The Morgan fingerprint density at radius 1 is 1.35 bits per heavy atom. The molecular formula is C12H14BrNO3. The molecule has 0 bridgehead atoms. The van der Waals surface area contributed by atoms with Crippen LogP contribution in [0.5, 0.6) is 0 Å². The highest BCUT2D eigenvalue weighted by atomic mass is 79.9. The van der Waals surface area contributed by atoms with Crippen LogP contribution in [-0.4, -0.2) is 28.4 Å². The van der Waals surface area contributed by atoms with Crippen molar-refractivity contribution in [2.45, 2.75) is 25.9 Å². The third-order valence-corrected chi connectivity index (χ3v) is 2.96. The number of carboxylic acid groups (broad SMARTS) is 1. The average molecular weight is 300 g/mol. The highest BCUT2D eigenvalue weighted by molar-refractivity contribution is 9.10. The standard InChI is InChI=1S/C12H14BrNO3/c1-8(2)14(7-15)11(12(16)17)9-3-5-10(13)6-4-9/h3-8,11H,1-2H3,(H,16,17). The normalized spacial score (nSPS) is 12.2. The lowest BCUT2D eigenvalue weighted by Gasteiger charge is -2.28. The van der Waals surface area contributed by atoms with Gasteiger partial charge in [-0.2, -0.15) is 0 Å². The summed E-state index contributed by atoms with van der Waals surface area (Å²) in [5.74, 6) is -1.03. The first-order valence-electron chi connectivity index (χ1n) is 5.18. The fraction of sp³-hybridized carbons (Fsp3) is 0.333. The van der Waals surface area contributed by atoms with Gasteiger partial charge in [0.2, 0.25) is 6.41 Å². The Balaban J connectivity index is 3.12. The maximum atomic E-state index is 11.3. The molecule has 1 amide bonds. The second kappa shape index (κ2) is 5.82. The van der Waals surface area contributed by atoms with E-state index in [1.807, 2.05) is 0 Å². The molecule has 0 aliphatic carbocycles. The topological polar surface area (TPSA) is 57.6 Å². The van der Waals surface area contributed by atoms with Crippen molar-refractivity contribution in [3.05, 3.63) is 34.3 Å². The summed E-state index contributed by atoms with van der Waals surface area (Å²) in [6.07, 6.45) is 0.575. The molecule has 4 nitrogen and oxygen atoms in total. The number of hydrogen-bond donors (Lipinski definition) is 1. The van der Waals surface area contributed by atoms with E-state index in [0.717, 1.165) is 4.47 Å². The van der Waals surface area contributed by atoms with E-state index < -0.39 is 12.0 Å². The van der Waals surface area contributed by atoms with Gasteiger partial charge in [-0.25, -0.2) is 4.79 Å². The van der Waals surface area contributed by atoms with Crippen LogP contribution in [0.3, 0.4) is 0 Å². The summed E-state index contributed by atoms with van der Waals surface area (Å²) in [4.78, 5) is 23.5. The first-order chi connectivity index (χ1) is 7.97. The van der Waals surface area contributed by atoms with Gasteiger partial charge >= 0.3 is 5.97 Å². The van der Waals surface area contributed by atoms with Gasteiger partial charge in [0.25, 0.3) is 0 Å². The molecule has 92 valence electrons. The number of rotatable bonds is 5. The van der Waals surface area contributed by atoms with E-state index in [2.05, 4.69) is 15.9 Å². The van der Waals surface area contributed by atoms with Gasteiger partial charge in [-0.15, -0.1) is 0 Å². The molecular weight excluding hydrogens is 286 g/mol. The highest BCUT2D eigenvalue weighted by Crippen LogP contribution is 2.23. The highest BCUT2D eigenvalue weighted by Gasteiger charge is 2.28. The molecule has 1 atom stereocenters.